The van der Waals surface area contributed by atoms with Crippen molar-refractivity contribution in [1.82, 2.24) is 0 Å². The van der Waals surface area contributed by atoms with E-state index in [2.05, 4.69) is 15.3 Å². The Morgan fingerprint density at radius 3 is 2.62 bits per heavy atom. The Labute approximate surface area is 121 Å². The van der Waals surface area contributed by atoms with Gasteiger partial charge >= 0.3 is 0 Å². The van der Waals surface area contributed by atoms with E-state index >= 15 is 0 Å². The molecule has 6 nitrogen and oxygen atoms in total. The van der Waals surface area contributed by atoms with Crippen molar-refractivity contribution in [3.63, 3.8) is 0 Å². The number of hydrogen-bond acceptors (Lipinski definition) is 3. The Balaban J connectivity index is 2.02. The number of azide groups is 1. The zero-order chi connectivity index (χ0) is 14.7. The molecule has 0 saturated carbocycles. The Bertz CT molecular complexity index is 725. The summed E-state index contributed by atoms with van der Waals surface area (Å²) in [5.74, 6) is 0.0169. The fourth-order valence-corrected chi connectivity index (χ4v) is 2.27. The molecule has 1 atom stereocenters. The Morgan fingerprint density at radius 2 is 1.86 bits per heavy atom. The van der Waals surface area contributed by atoms with Crippen LogP contribution in [0.1, 0.15) is 5.56 Å². The van der Waals surface area contributed by atoms with Crippen LogP contribution in [0.4, 0.5) is 5.69 Å². The van der Waals surface area contributed by atoms with E-state index in [0.29, 0.717) is 11.4 Å². The summed E-state index contributed by atoms with van der Waals surface area (Å²) in [7, 11) is 0. The molecule has 3 rings (SSSR count). The van der Waals surface area contributed by atoms with Gasteiger partial charge in [-0.05, 0) is 28.3 Å². The summed E-state index contributed by atoms with van der Waals surface area (Å²) in [5, 5.41) is 6.36. The lowest BCUT2D eigenvalue weighted by molar-refractivity contribution is -0.131. The Kier molecular flexibility index (Phi) is 3.22. The van der Waals surface area contributed by atoms with Gasteiger partial charge in [0, 0.05) is 11.3 Å². The third-order valence-corrected chi connectivity index (χ3v) is 3.26. The largest absolute Gasteiger partial charge is 0.469 e. The highest BCUT2D eigenvalue weighted by Crippen LogP contribution is 2.35. The Hall–Kier alpha value is -2.98. The molecule has 0 bridgehead atoms. The number of benzene rings is 2. The first kappa shape index (κ1) is 13.0. The van der Waals surface area contributed by atoms with Crippen LogP contribution in [0.3, 0.4) is 0 Å². The second-order valence-corrected chi connectivity index (χ2v) is 4.69. The molecule has 0 saturated heterocycles. The molecule has 1 amide bonds. The minimum atomic E-state index is -1.61. The van der Waals surface area contributed by atoms with Crippen molar-refractivity contribution < 1.29 is 9.53 Å². The molecule has 21 heavy (non-hydrogen) atoms. The van der Waals surface area contributed by atoms with Crippen LogP contribution in [0, 0.1) is 0 Å². The minimum Gasteiger partial charge on any atom is -0.469 e. The van der Waals surface area contributed by atoms with Crippen LogP contribution in [0.25, 0.3) is 10.4 Å². The zero-order valence-electron chi connectivity index (χ0n) is 11.1. The van der Waals surface area contributed by atoms with Crippen LogP contribution < -0.4 is 10.1 Å². The van der Waals surface area contributed by atoms with Gasteiger partial charge in [0.05, 0.1) is 5.69 Å². The molecular formula is C15H12N4O2. The molecular weight excluding hydrogens is 268 g/mol. The first-order chi connectivity index (χ1) is 10.2. The van der Waals surface area contributed by atoms with Gasteiger partial charge in [0.15, 0.2) is 0 Å². The van der Waals surface area contributed by atoms with Crippen molar-refractivity contribution in [3.05, 3.63) is 70.6 Å². The predicted octanol–water partition coefficient (Wildman–Crippen LogP) is 3.27. The lowest BCUT2D eigenvalue weighted by atomic mass is 10.0. The van der Waals surface area contributed by atoms with Crippen molar-refractivity contribution >= 4 is 11.6 Å². The molecule has 0 fully saturated rings. The first-order valence-corrected chi connectivity index (χ1v) is 6.43. The number of hydrogen-bond donors (Lipinski definition) is 1. The van der Waals surface area contributed by atoms with E-state index in [-0.39, 0.29) is 6.42 Å². The average Bonchev–Trinajstić information content (AvgIpc) is 2.50. The molecule has 6 heteroatoms. The first-order valence-electron chi connectivity index (χ1n) is 6.43. The van der Waals surface area contributed by atoms with E-state index in [1.54, 1.807) is 24.3 Å². The maximum absolute atomic E-state index is 12.4. The number of ether oxygens (including phenoxy) is 1. The number of fused-ring (bicyclic) bond motifs is 1. The summed E-state index contributed by atoms with van der Waals surface area (Å²) < 4.78 is 5.74. The van der Waals surface area contributed by atoms with Crippen LogP contribution in [0.15, 0.2) is 59.7 Å². The monoisotopic (exact) mass is 280 g/mol. The van der Waals surface area contributed by atoms with Crippen molar-refractivity contribution in [1.29, 1.82) is 0 Å². The molecule has 0 spiro atoms. The number of nitrogens with one attached hydrogen (secondary N) is 1. The standard InChI is InChI=1S/C15H12N4O2/c16-19-18-15(10-11-6-2-1-3-7-11)14(20)17-12-8-4-5-9-13(12)21-15/h1-9H,10H2,(H,17,20). The third kappa shape index (κ3) is 2.40. The van der Waals surface area contributed by atoms with Gasteiger partial charge in [-0.1, -0.05) is 42.5 Å². The smallest absolute Gasteiger partial charge is 0.275 e. The molecule has 1 unspecified atom stereocenters. The van der Waals surface area contributed by atoms with E-state index in [9.17, 15) is 4.79 Å². The topological polar surface area (TPSA) is 87.1 Å². The number of para-hydroxylation sites is 2. The maximum Gasteiger partial charge on any atom is 0.275 e. The third-order valence-electron chi connectivity index (χ3n) is 3.26. The number of nitrogens with zero attached hydrogens (tertiary/aromatic N) is 3. The summed E-state index contributed by atoms with van der Waals surface area (Å²) in [4.78, 5) is 15.2. The highest BCUT2D eigenvalue weighted by Gasteiger charge is 2.44. The van der Waals surface area contributed by atoms with E-state index in [0.717, 1.165) is 5.56 Å². The summed E-state index contributed by atoms with van der Waals surface area (Å²) in [5.41, 5.74) is 8.63. The number of carbonyl (C=O) groups is 1. The quantitative estimate of drug-likeness (QED) is 0.531. The van der Waals surface area contributed by atoms with Gasteiger partial charge in [0.2, 0.25) is 0 Å². The molecule has 2 aromatic carbocycles. The highest BCUT2D eigenvalue weighted by molar-refractivity contribution is 6.00. The van der Waals surface area contributed by atoms with Gasteiger partial charge in [0.1, 0.15) is 5.75 Å². The molecule has 0 aromatic heterocycles. The lowest BCUT2D eigenvalue weighted by Gasteiger charge is -2.33. The Morgan fingerprint density at radius 1 is 1.14 bits per heavy atom. The van der Waals surface area contributed by atoms with Gasteiger partial charge in [0.25, 0.3) is 11.6 Å². The summed E-state index contributed by atoms with van der Waals surface area (Å²) in [6.45, 7) is 0. The highest BCUT2D eigenvalue weighted by atomic mass is 16.5. The maximum atomic E-state index is 12.4. The number of rotatable bonds is 3. The van der Waals surface area contributed by atoms with Gasteiger partial charge < -0.3 is 10.1 Å². The van der Waals surface area contributed by atoms with Crippen molar-refractivity contribution in [2.45, 2.75) is 12.1 Å². The summed E-state index contributed by atoms with van der Waals surface area (Å²) >= 11 is 0. The zero-order valence-corrected chi connectivity index (χ0v) is 11.1. The van der Waals surface area contributed by atoms with Crippen LogP contribution in [-0.2, 0) is 11.2 Å². The van der Waals surface area contributed by atoms with Gasteiger partial charge in [-0.2, -0.15) is 0 Å². The van der Waals surface area contributed by atoms with E-state index in [1.807, 2.05) is 30.3 Å². The van der Waals surface area contributed by atoms with Gasteiger partial charge in [-0.3, -0.25) is 4.79 Å². The fourth-order valence-electron chi connectivity index (χ4n) is 2.27. The molecule has 2 aromatic rings. The van der Waals surface area contributed by atoms with Crippen LogP contribution >= 0.6 is 0 Å². The van der Waals surface area contributed by atoms with Crippen molar-refractivity contribution in [2.75, 3.05) is 5.32 Å². The molecule has 1 aliphatic rings. The van der Waals surface area contributed by atoms with Crippen molar-refractivity contribution in [3.8, 4) is 5.75 Å². The molecule has 104 valence electrons. The lowest BCUT2D eigenvalue weighted by Crippen LogP contribution is -2.50. The van der Waals surface area contributed by atoms with E-state index < -0.39 is 11.6 Å². The SMILES string of the molecule is [N-]=[N+]=NC1(Cc2ccccc2)Oc2ccccc2NC1=O. The second kappa shape index (κ2) is 5.19. The summed E-state index contributed by atoms with van der Waals surface area (Å²) in [6.07, 6.45) is 0.165. The molecule has 0 radical (unpaired) electrons. The fraction of sp³-hybridized carbons (Fsp3) is 0.133. The molecule has 0 aliphatic carbocycles. The molecule has 1 heterocycles. The predicted molar refractivity (Wildman–Crippen MR) is 77.7 cm³/mol. The summed E-state index contributed by atoms with van der Waals surface area (Å²) in [6, 6.07) is 16.3. The van der Waals surface area contributed by atoms with Gasteiger partial charge in [-0.25, -0.2) is 0 Å². The van der Waals surface area contributed by atoms with E-state index in [4.69, 9.17) is 10.3 Å². The second-order valence-electron chi connectivity index (χ2n) is 4.69. The van der Waals surface area contributed by atoms with Crippen molar-refractivity contribution in [2.24, 2.45) is 5.11 Å². The number of anilines is 1. The number of amides is 1. The van der Waals surface area contributed by atoms with E-state index in [1.165, 1.54) is 0 Å². The minimum absolute atomic E-state index is 0.165. The van der Waals surface area contributed by atoms with Gasteiger partial charge in [-0.15, -0.1) is 0 Å². The molecule has 1 N–H and O–H groups in total. The van der Waals surface area contributed by atoms with Crippen LogP contribution in [-0.4, -0.2) is 11.6 Å². The number of carbonyl (C=O) groups excluding carboxylic acids is 1. The average molecular weight is 280 g/mol. The molecule has 1 aliphatic heterocycles. The van der Waals surface area contributed by atoms with Crippen LogP contribution in [0.5, 0.6) is 5.75 Å². The van der Waals surface area contributed by atoms with Crippen LogP contribution in [0.2, 0.25) is 0 Å². The normalized spacial score (nSPS) is 19.7.